The van der Waals surface area contributed by atoms with Gasteiger partial charge in [0.15, 0.2) is 0 Å². The average Bonchev–Trinajstić information content (AvgIpc) is 3.66. The van der Waals surface area contributed by atoms with Crippen molar-refractivity contribution < 1.29 is 4.42 Å². The van der Waals surface area contributed by atoms with Crippen molar-refractivity contribution in [2.75, 3.05) is 4.90 Å². The monoisotopic (exact) mass is 713 g/mol. The molecule has 0 fully saturated rings. The molecule has 0 spiro atoms. The van der Waals surface area contributed by atoms with Crippen molar-refractivity contribution in [2.24, 2.45) is 0 Å². The number of nitrogens with zero attached hydrogens (tertiary/aromatic N) is 1. The molecule has 1 aromatic heterocycles. The summed E-state index contributed by atoms with van der Waals surface area (Å²) in [7, 11) is 0. The Morgan fingerprint density at radius 1 is 0.473 bits per heavy atom. The first-order chi connectivity index (χ1) is 26.3. The topological polar surface area (TPSA) is 16.4 Å². The first kappa shape index (κ1) is 33.7. The standard InChI is InChI=1S/C53H47NO/c1-51(2,3)32-29-41-49-46(25-16-26-47(49)55-50(41)44(30-32)52(4,5)6)54(33-27-28-38-37-20-13-14-23-42(37)53(7,8)43(38)31-33)45-24-15-22-40-36-18-10-9-17-34(36)35-19-11-12-21-39(35)48(40)45/h9-31H,1-8H3. The van der Waals surface area contributed by atoms with Gasteiger partial charge in [-0.3, -0.25) is 0 Å². The third-order valence-electron chi connectivity index (χ3n) is 12.3. The molecule has 8 aromatic carbocycles. The predicted octanol–water partition coefficient (Wildman–Crippen LogP) is 15.4. The molecule has 10 rings (SSSR count). The Kier molecular flexibility index (Phi) is 7.09. The number of hydrogen-bond acceptors (Lipinski definition) is 2. The van der Waals surface area contributed by atoms with E-state index in [2.05, 4.69) is 200 Å². The lowest BCUT2D eigenvalue weighted by atomic mass is 9.79. The summed E-state index contributed by atoms with van der Waals surface area (Å²) in [6.07, 6.45) is 0. The van der Waals surface area contributed by atoms with E-state index in [-0.39, 0.29) is 16.2 Å². The Morgan fingerprint density at radius 3 is 1.71 bits per heavy atom. The van der Waals surface area contributed by atoms with Crippen molar-refractivity contribution in [1.29, 1.82) is 0 Å². The van der Waals surface area contributed by atoms with E-state index in [4.69, 9.17) is 4.42 Å². The van der Waals surface area contributed by atoms with E-state index in [1.807, 2.05) is 0 Å². The molecule has 0 saturated carbocycles. The van der Waals surface area contributed by atoms with Crippen molar-refractivity contribution in [3.63, 3.8) is 0 Å². The van der Waals surface area contributed by atoms with Crippen LogP contribution in [0.25, 0.3) is 65.4 Å². The van der Waals surface area contributed by atoms with Crippen molar-refractivity contribution in [3.05, 3.63) is 162 Å². The summed E-state index contributed by atoms with van der Waals surface area (Å²) in [5, 5.41) is 9.85. The number of anilines is 3. The van der Waals surface area contributed by atoms with Crippen LogP contribution in [0, 0.1) is 0 Å². The van der Waals surface area contributed by atoms with E-state index in [0.29, 0.717) is 0 Å². The van der Waals surface area contributed by atoms with E-state index in [0.717, 1.165) is 39.0 Å². The van der Waals surface area contributed by atoms with Gasteiger partial charge in [0.1, 0.15) is 11.2 Å². The van der Waals surface area contributed by atoms with Gasteiger partial charge in [0.25, 0.3) is 0 Å². The molecule has 1 heterocycles. The van der Waals surface area contributed by atoms with E-state index >= 15 is 0 Å². The van der Waals surface area contributed by atoms with Crippen molar-refractivity contribution >= 4 is 71.3 Å². The molecule has 0 atom stereocenters. The normalized spacial score (nSPS) is 14.0. The van der Waals surface area contributed by atoms with E-state index in [1.54, 1.807) is 0 Å². The van der Waals surface area contributed by atoms with Crippen LogP contribution in [0.1, 0.15) is 77.6 Å². The summed E-state index contributed by atoms with van der Waals surface area (Å²) < 4.78 is 6.98. The van der Waals surface area contributed by atoms with Gasteiger partial charge >= 0.3 is 0 Å². The predicted molar refractivity (Wildman–Crippen MR) is 236 cm³/mol. The average molecular weight is 714 g/mol. The van der Waals surface area contributed by atoms with Gasteiger partial charge in [-0.25, -0.2) is 0 Å². The second-order valence-corrected chi connectivity index (χ2v) is 18.2. The molecular weight excluding hydrogens is 667 g/mol. The highest BCUT2D eigenvalue weighted by molar-refractivity contribution is 6.29. The number of rotatable bonds is 3. The fourth-order valence-electron chi connectivity index (χ4n) is 9.45. The molecule has 2 nitrogen and oxygen atoms in total. The zero-order valence-electron chi connectivity index (χ0n) is 33.1. The number of benzene rings is 8. The van der Waals surface area contributed by atoms with Crippen LogP contribution in [0.4, 0.5) is 17.1 Å². The second-order valence-electron chi connectivity index (χ2n) is 18.2. The van der Waals surface area contributed by atoms with Crippen LogP contribution < -0.4 is 4.90 Å². The summed E-state index contributed by atoms with van der Waals surface area (Å²) >= 11 is 0. The SMILES string of the molecule is CC(C)(C)c1cc(C(C)(C)C)c2oc3cccc(N(c4ccc5c(c4)C(C)(C)c4ccccc4-5)c4cccc5c6ccccc6c6ccccc6c45)c3c2c1. The second kappa shape index (κ2) is 11.6. The highest BCUT2D eigenvalue weighted by atomic mass is 16.3. The summed E-state index contributed by atoms with van der Waals surface area (Å²) in [6.45, 7) is 18.6. The van der Waals surface area contributed by atoms with Crippen LogP contribution in [0.3, 0.4) is 0 Å². The minimum atomic E-state index is -0.146. The Morgan fingerprint density at radius 2 is 1.04 bits per heavy atom. The van der Waals surface area contributed by atoms with Gasteiger partial charge in [-0.05, 0) is 102 Å². The lowest BCUT2D eigenvalue weighted by Crippen LogP contribution is -2.17. The lowest BCUT2D eigenvalue weighted by Gasteiger charge is -2.30. The first-order valence-electron chi connectivity index (χ1n) is 19.7. The molecule has 1 aliphatic carbocycles. The van der Waals surface area contributed by atoms with Gasteiger partial charge in [-0.2, -0.15) is 0 Å². The molecule has 0 N–H and O–H groups in total. The molecule has 55 heavy (non-hydrogen) atoms. The highest BCUT2D eigenvalue weighted by Crippen LogP contribution is 2.53. The zero-order valence-corrected chi connectivity index (χ0v) is 33.1. The summed E-state index contributed by atoms with van der Waals surface area (Å²) in [5.74, 6) is 0. The molecule has 270 valence electrons. The number of fused-ring (bicyclic) bond motifs is 12. The summed E-state index contributed by atoms with van der Waals surface area (Å²) in [6, 6.07) is 52.1. The van der Waals surface area contributed by atoms with Gasteiger partial charge in [-0.1, -0.05) is 159 Å². The van der Waals surface area contributed by atoms with Gasteiger partial charge in [0.05, 0.1) is 16.8 Å². The third-order valence-corrected chi connectivity index (χ3v) is 12.3. The molecule has 0 amide bonds. The van der Waals surface area contributed by atoms with Crippen molar-refractivity contribution in [1.82, 2.24) is 0 Å². The number of hydrogen-bond donors (Lipinski definition) is 0. The molecule has 0 unspecified atom stereocenters. The van der Waals surface area contributed by atoms with Crippen LogP contribution in [0.2, 0.25) is 0 Å². The van der Waals surface area contributed by atoms with Gasteiger partial charge in [0, 0.05) is 27.4 Å². The maximum atomic E-state index is 6.98. The van der Waals surface area contributed by atoms with Crippen LogP contribution in [-0.4, -0.2) is 0 Å². The fraction of sp³-hybridized carbons (Fsp3) is 0.208. The van der Waals surface area contributed by atoms with Gasteiger partial charge in [0.2, 0.25) is 0 Å². The lowest BCUT2D eigenvalue weighted by molar-refractivity contribution is 0.559. The summed E-state index contributed by atoms with van der Waals surface area (Å²) in [4.78, 5) is 2.53. The Balaban J connectivity index is 1.36. The molecule has 9 aromatic rings. The molecule has 0 bridgehead atoms. The maximum absolute atomic E-state index is 6.98. The largest absolute Gasteiger partial charge is 0.456 e. The van der Waals surface area contributed by atoms with Crippen LogP contribution in [-0.2, 0) is 16.2 Å². The Hall–Kier alpha value is -5.86. The fourth-order valence-corrected chi connectivity index (χ4v) is 9.45. The van der Waals surface area contributed by atoms with Crippen LogP contribution >= 0.6 is 0 Å². The Bertz CT molecular complexity index is 2990. The van der Waals surface area contributed by atoms with E-state index < -0.39 is 0 Å². The van der Waals surface area contributed by atoms with Gasteiger partial charge < -0.3 is 9.32 Å². The van der Waals surface area contributed by atoms with E-state index in [9.17, 15) is 0 Å². The quantitative estimate of drug-likeness (QED) is 0.170. The smallest absolute Gasteiger partial charge is 0.139 e. The Labute approximate surface area is 324 Å². The molecular formula is C53H47NO. The van der Waals surface area contributed by atoms with Crippen LogP contribution in [0.5, 0.6) is 0 Å². The zero-order chi connectivity index (χ0) is 38.0. The van der Waals surface area contributed by atoms with Crippen molar-refractivity contribution in [2.45, 2.75) is 71.6 Å². The van der Waals surface area contributed by atoms with Crippen molar-refractivity contribution in [3.8, 4) is 11.1 Å². The third kappa shape index (κ3) is 4.93. The highest BCUT2D eigenvalue weighted by Gasteiger charge is 2.36. The minimum absolute atomic E-state index is 0.0391. The van der Waals surface area contributed by atoms with E-state index in [1.165, 1.54) is 65.7 Å². The first-order valence-corrected chi connectivity index (χ1v) is 19.7. The van der Waals surface area contributed by atoms with Gasteiger partial charge in [-0.15, -0.1) is 0 Å². The summed E-state index contributed by atoms with van der Waals surface area (Å²) in [5.41, 5.74) is 12.9. The molecule has 0 aliphatic heterocycles. The van der Waals surface area contributed by atoms with Crippen LogP contribution in [0.15, 0.2) is 144 Å². The molecule has 2 heteroatoms. The minimum Gasteiger partial charge on any atom is -0.456 e. The maximum Gasteiger partial charge on any atom is 0.139 e. The number of furan rings is 1. The molecule has 1 aliphatic rings. The molecule has 0 radical (unpaired) electrons. The molecule has 0 saturated heterocycles.